The van der Waals surface area contributed by atoms with E-state index in [2.05, 4.69) is 10.4 Å². The number of likely N-dealkylation sites (N-methyl/N-ethyl adjacent to an activating group) is 1. The minimum Gasteiger partial charge on any atom is -0.322 e. The molecule has 156 valence electrons. The summed E-state index contributed by atoms with van der Waals surface area (Å²) in [6.07, 6.45) is 0. The van der Waals surface area contributed by atoms with Crippen LogP contribution in [0.25, 0.3) is 5.69 Å². The number of non-ortho nitro benzene ring substituents is 1. The van der Waals surface area contributed by atoms with Crippen LogP contribution in [-0.2, 0) is 4.79 Å². The maximum atomic E-state index is 12.7. The highest BCUT2D eigenvalue weighted by Crippen LogP contribution is 2.25. The molecule has 3 aromatic rings. The molecule has 0 radical (unpaired) electrons. The number of nitro benzene ring substituents is 1. The second kappa shape index (κ2) is 8.87. The van der Waals surface area contributed by atoms with Crippen molar-refractivity contribution >= 4 is 17.3 Å². The first-order valence-corrected chi connectivity index (χ1v) is 9.64. The average molecular weight is 407 g/mol. The van der Waals surface area contributed by atoms with Gasteiger partial charge in [0.05, 0.1) is 34.2 Å². The molecule has 2 aromatic carbocycles. The fourth-order valence-electron chi connectivity index (χ4n) is 3.34. The maximum Gasteiger partial charge on any atom is 0.269 e. The van der Waals surface area contributed by atoms with Crippen LogP contribution in [0.5, 0.6) is 0 Å². The van der Waals surface area contributed by atoms with Crippen LogP contribution in [0, 0.1) is 24.0 Å². The lowest BCUT2D eigenvalue weighted by atomic mass is 10.1. The number of anilines is 1. The van der Waals surface area contributed by atoms with Crippen molar-refractivity contribution in [2.45, 2.75) is 26.8 Å². The molecule has 0 unspecified atom stereocenters. The summed E-state index contributed by atoms with van der Waals surface area (Å²) in [5, 5.41) is 18.5. The predicted molar refractivity (Wildman–Crippen MR) is 116 cm³/mol. The van der Waals surface area contributed by atoms with Gasteiger partial charge in [-0.3, -0.25) is 19.8 Å². The molecule has 8 nitrogen and oxygen atoms in total. The number of aromatic nitrogens is 2. The lowest BCUT2D eigenvalue weighted by Crippen LogP contribution is -2.32. The number of para-hydroxylation sites is 1. The topological polar surface area (TPSA) is 93.3 Å². The van der Waals surface area contributed by atoms with Gasteiger partial charge in [0.15, 0.2) is 0 Å². The highest BCUT2D eigenvalue weighted by atomic mass is 16.6. The molecule has 0 aliphatic carbocycles. The van der Waals surface area contributed by atoms with Crippen LogP contribution in [-0.4, -0.2) is 39.1 Å². The number of carbonyl (C=O) groups excluding carboxylic acids is 1. The molecule has 30 heavy (non-hydrogen) atoms. The molecule has 3 rings (SSSR count). The number of hydrogen-bond donors (Lipinski definition) is 1. The summed E-state index contributed by atoms with van der Waals surface area (Å²) in [7, 11) is 1.82. The monoisotopic (exact) mass is 407 g/mol. The average Bonchev–Trinajstić information content (AvgIpc) is 3.02. The number of rotatable bonds is 7. The molecule has 0 saturated carbocycles. The third-order valence-corrected chi connectivity index (χ3v) is 5.17. The fraction of sp³-hybridized carbons (Fsp3) is 0.273. The van der Waals surface area contributed by atoms with Crippen LogP contribution >= 0.6 is 0 Å². The van der Waals surface area contributed by atoms with Gasteiger partial charge in [-0.25, -0.2) is 4.68 Å². The Labute approximate surface area is 175 Å². The van der Waals surface area contributed by atoms with Crippen molar-refractivity contribution in [1.29, 1.82) is 0 Å². The Kier molecular flexibility index (Phi) is 6.27. The van der Waals surface area contributed by atoms with Gasteiger partial charge in [0.1, 0.15) is 0 Å². The zero-order valence-corrected chi connectivity index (χ0v) is 17.5. The summed E-state index contributed by atoms with van der Waals surface area (Å²) in [6.45, 7) is 5.82. The summed E-state index contributed by atoms with van der Waals surface area (Å²) < 4.78 is 1.81. The van der Waals surface area contributed by atoms with Crippen LogP contribution in [0.1, 0.15) is 29.9 Å². The quantitative estimate of drug-likeness (QED) is 0.471. The van der Waals surface area contributed by atoms with Crippen LogP contribution in [0.3, 0.4) is 0 Å². The summed E-state index contributed by atoms with van der Waals surface area (Å²) in [4.78, 5) is 25.1. The SMILES string of the molecule is Cc1nn(-c2ccccc2)c(C)c1NC(=O)CN(C)[C@@H](C)c1cccc([N+](=O)[O-])c1. The Morgan fingerprint density at radius 2 is 1.90 bits per heavy atom. The zero-order valence-electron chi connectivity index (χ0n) is 17.5. The van der Waals surface area contributed by atoms with Crippen molar-refractivity contribution in [1.82, 2.24) is 14.7 Å². The summed E-state index contributed by atoms with van der Waals surface area (Å²) >= 11 is 0. The third-order valence-electron chi connectivity index (χ3n) is 5.17. The van der Waals surface area contributed by atoms with Crippen molar-refractivity contribution < 1.29 is 9.72 Å². The second-order valence-electron chi connectivity index (χ2n) is 7.28. The molecule has 0 bridgehead atoms. The van der Waals surface area contributed by atoms with Gasteiger partial charge in [-0.05, 0) is 45.5 Å². The first-order chi connectivity index (χ1) is 14.3. The normalized spacial score (nSPS) is 12.0. The molecule has 0 aliphatic rings. The van der Waals surface area contributed by atoms with E-state index >= 15 is 0 Å². The van der Waals surface area contributed by atoms with E-state index in [1.54, 1.807) is 10.7 Å². The first kappa shape index (κ1) is 21.2. The zero-order chi connectivity index (χ0) is 21.8. The minimum absolute atomic E-state index is 0.0387. The Balaban J connectivity index is 1.70. The van der Waals surface area contributed by atoms with Crippen molar-refractivity contribution in [3.63, 3.8) is 0 Å². The van der Waals surface area contributed by atoms with E-state index in [9.17, 15) is 14.9 Å². The van der Waals surface area contributed by atoms with E-state index in [1.165, 1.54) is 12.1 Å². The smallest absolute Gasteiger partial charge is 0.269 e. The highest BCUT2D eigenvalue weighted by Gasteiger charge is 2.20. The fourth-order valence-corrected chi connectivity index (χ4v) is 3.34. The molecular weight excluding hydrogens is 382 g/mol. The van der Waals surface area contributed by atoms with E-state index in [0.29, 0.717) is 5.69 Å². The minimum atomic E-state index is -0.418. The largest absolute Gasteiger partial charge is 0.322 e. The highest BCUT2D eigenvalue weighted by molar-refractivity contribution is 5.93. The molecule has 0 aliphatic heterocycles. The molecule has 1 heterocycles. The number of benzene rings is 2. The van der Waals surface area contributed by atoms with Crippen molar-refractivity contribution in [2.75, 3.05) is 18.9 Å². The molecule has 0 spiro atoms. The van der Waals surface area contributed by atoms with Crippen LogP contribution in [0.15, 0.2) is 54.6 Å². The Bertz CT molecular complexity index is 1060. The number of nitrogens with one attached hydrogen (secondary N) is 1. The molecule has 1 atom stereocenters. The molecule has 1 amide bonds. The van der Waals surface area contributed by atoms with Gasteiger partial charge < -0.3 is 5.32 Å². The molecule has 0 fully saturated rings. The van der Waals surface area contributed by atoms with Gasteiger partial charge in [0.25, 0.3) is 5.69 Å². The van der Waals surface area contributed by atoms with Gasteiger partial charge in [0, 0.05) is 18.2 Å². The van der Waals surface area contributed by atoms with Crippen molar-refractivity contribution in [3.8, 4) is 5.69 Å². The van der Waals surface area contributed by atoms with E-state index in [0.717, 1.165) is 22.6 Å². The van der Waals surface area contributed by atoms with E-state index in [4.69, 9.17) is 0 Å². The second-order valence-corrected chi connectivity index (χ2v) is 7.28. The number of carbonyl (C=O) groups is 1. The van der Waals surface area contributed by atoms with Crippen LogP contribution in [0.4, 0.5) is 11.4 Å². The molecule has 0 saturated heterocycles. The van der Waals surface area contributed by atoms with Gasteiger partial charge in [-0.2, -0.15) is 5.10 Å². The van der Waals surface area contributed by atoms with Crippen LogP contribution < -0.4 is 5.32 Å². The lowest BCUT2D eigenvalue weighted by Gasteiger charge is -2.24. The summed E-state index contributed by atoms with van der Waals surface area (Å²) in [6, 6.07) is 16.0. The number of amides is 1. The van der Waals surface area contributed by atoms with Gasteiger partial charge in [-0.15, -0.1) is 0 Å². The standard InChI is InChI=1S/C22H25N5O3/c1-15-22(17(3)26(24-15)19-10-6-5-7-11-19)23-21(28)14-25(4)16(2)18-9-8-12-20(13-18)27(29)30/h5-13,16H,14H2,1-4H3,(H,23,28)/t16-/m0/s1. The maximum absolute atomic E-state index is 12.7. The summed E-state index contributed by atoms with van der Waals surface area (Å²) in [5.41, 5.74) is 4.02. The number of aryl methyl sites for hydroxylation is 1. The molecular formula is C22H25N5O3. The summed E-state index contributed by atoms with van der Waals surface area (Å²) in [5.74, 6) is -0.173. The van der Waals surface area contributed by atoms with Gasteiger partial charge >= 0.3 is 0 Å². The lowest BCUT2D eigenvalue weighted by molar-refractivity contribution is -0.384. The van der Waals surface area contributed by atoms with Crippen molar-refractivity contribution in [2.24, 2.45) is 0 Å². The van der Waals surface area contributed by atoms with Gasteiger partial charge in [0.2, 0.25) is 5.91 Å². The molecule has 1 N–H and O–H groups in total. The Hall–Kier alpha value is -3.52. The number of nitro groups is 1. The van der Waals surface area contributed by atoms with E-state index in [1.807, 2.05) is 69.1 Å². The van der Waals surface area contributed by atoms with Crippen molar-refractivity contribution in [3.05, 3.63) is 81.7 Å². The predicted octanol–water partition coefficient (Wildman–Crippen LogP) is 4.03. The number of nitrogens with zero attached hydrogens (tertiary/aromatic N) is 4. The van der Waals surface area contributed by atoms with Gasteiger partial charge in [-0.1, -0.05) is 30.3 Å². The Morgan fingerprint density at radius 3 is 2.57 bits per heavy atom. The van der Waals surface area contributed by atoms with Crippen LogP contribution in [0.2, 0.25) is 0 Å². The third kappa shape index (κ3) is 4.55. The molecule has 1 aromatic heterocycles. The molecule has 8 heteroatoms. The Morgan fingerprint density at radius 1 is 1.20 bits per heavy atom. The van der Waals surface area contributed by atoms with E-state index < -0.39 is 4.92 Å². The number of hydrogen-bond acceptors (Lipinski definition) is 5. The van der Waals surface area contributed by atoms with E-state index in [-0.39, 0.29) is 24.2 Å². The first-order valence-electron chi connectivity index (χ1n) is 9.64.